The lowest BCUT2D eigenvalue weighted by Gasteiger charge is -2.18. The first kappa shape index (κ1) is 14.9. The molecule has 1 aromatic carbocycles. The lowest BCUT2D eigenvalue weighted by atomic mass is 10.1. The zero-order chi connectivity index (χ0) is 15.7. The number of methoxy groups -OCH3 is 1. The van der Waals surface area contributed by atoms with E-state index in [4.69, 9.17) is 5.11 Å². The summed E-state index contributed by atoms with van der Waals surface area (Å²) < 4.78 is 31.6. The fourth-order valence-electron chi connectivity index (χ4n) is 2.17. The third-order valence-corrected chi connectivity index (χ3v) is 3.22. The highest BCUT2D eigenvalue weighted by Gasteiger charge is 2.37. The Morgan fingerprint density at radius 2 is 2.00 bits per heavy atom. The number of benzene rings is 1. The number of carboxylic acid groups (broad SMARTS) is 1. The van der Waals surface area contributed by atoms with Crippen molar-refractivity contribution in [3.05, 3.63) is 29.3 Å². The van der Waals surface area contributed by atoms with Crippen LogP contribution in [0.3, 0.4) is 0 Å². The molecule has 0 radical (unpaired) electrons. The van der Waals surface area contributed by atoms with E-state index in [-0.39, 0.29) is 18.7 Å². The van der Waals surface area contributed by atoms with Crippen molar-refractivity contribution in [1.82, 2.24) is 0 Å². The molecule has 1 heterocycles. The van der Waals surface area contributed by atoms with Crippen molar-refractivity contribution >= 4 is 23.5 Å². The number of esters is 1. The maximum absolute atomic E-state index is 13.8. The summed E-state index contributed by atoms with van der Waals surface area (Å²) in [5.74, 6) is -5.83. The molecule has 0 spiro atoms. The molecule has 1 saturated heterocycles. The van der Waals surface area contributed by atoms with Crippen LogP contribution in [0.4, 0.5) is 14.5 Å². The summed E-state index contributed by atoms with van der Waals surface area (Å²) in [7, 11) is 1.16. The van der Waals surface area contributed by atoms with Gasteiger partial charge in [0.05, 0.1) is 24.3 Å². The molecule has 0 saturated carbocycles. The molecule has 1 N–H and O–H groups in total. The van der Waals surface area contributed by atoms with Gasteiger partial charge in [-0.05, 0) is 6.07 Å². The highest BCUT2D eigenvalue weighted by molar-refractivity contribution is 6.00. The van der Waals surface area contributed by atoms with Gasteiger partial charge in [0.2, 0.25) is 5.91 Å². The third kappa shape index (κ3) is 2.69. The van der Waals surface area contributed by atoms with Crippen LogP contribution >= 0.6 is 0 Å². The Kier molecular flexibility index (Phi) is 3.88. The van der Waals surface area contributed by atoms with Crippen LogP contribution in [0.1, 0.15) is 16.8 Å². The molecule has 0 bridgehead atoms. The highest BCUT2D eigenvalue weighted by atomic mass is 19.1. The number of halogens is 2. The number of carboxylic acids is 1. The maximum atomic E-state index is 13.8. The molecule has 0 aliphatic carbocycles. The van der Waals surface area contributed by atoms with Gasteiger partial charge in [-0.15, -0.1) is 0 Å². The third-order valence-electron chi connectivity index (χ3n) is 3.22. The van der Waals surface area contributed by atoms with E-state index in [1.54, 1.807) is 0 Å². The van der Waals surface area contributed by atoms with E-state index in [0.717, 1.165) is 18.1 Å². The van der Waals surface area contributed by atoms with Crippen molar-refractivity contribution in [2.75, 3.05) is 18.6 Å². The largest absolute Gasteiger partial charge is 0.478 e. The molecule has 2 rings (SSSR count). The number of hydrogen-bond donors (Lipinski definition) is 1. The van der Waals surface area contributed by atoms with Gasteiger partial charge in [0, 0.05) is 19.0 Å². The fourth-order valence-corrected chi connectivity index (χ4v) is 2.17. The molecular formula is C13H11F2NO5. The van der Waals surface area contributed by atoms with Crippen LogP contribution in [0.25, 0.3) is 0 Å². The molecule has 6 nitrogen and oxygen atoms in total. The van der Waals surface area contributed by atoms with Crippen molar-refractivity contribution in [2.45, 2.75) is 6.42 Å². The van der Waals surface area contributed by atoms with Crippen LogP contribution in [-0.4, -0.2) is 36.6 Å². The monoisotopic (exact) mass is 299 g/mol. The lowest BCUT2D eigenvalue weighted by Crippen LogP contribution is -2.27. The Morgan fingerprint density at radius 3 is 2.57 bits per heavy atom. The predicted molar refractivity (Wildman–Crippen MR) is 65.8 cm³/mol. The van der Waals surface area contributed by atoms with Gasteiger partial charge in [-0.2, -0.15) is 0 Å². The van der Waals surface area contributed by atoms with Crippen LogP contribution in [0.2, 0.25) is 0 Å². The molecule has 1 aliphatic heterocycles. The smallest absolute Gasteiger partial charge is 0.338 e. The topological polar surface area (TPSA) is 83.9 Å². The van der Waals surface area contributed by atoms with Crippen LogP contribution in [0, 0.1) is 17.6 Å². The first-order chi connectivity index (χ1) is 9.85. The number of hydrogen-bond acceptors (Lipinski definition) is 4. The molecule has 1 fully saturated rings. The van der Waals surface area contributed by atoms with Crippen molar-refractivity contribution in [2.24, 2.45) is 5.92 Å². The quantitative estimate of drug-likeness (QED) is 0.848. The molecule has 1 aromatic rings. The number of aromatic carboxylic acids is 1. The summed E-state index contributed by atoms with van der Waals surface area (Å²) >= 11 is 0. The minimum absolute atomic E-state index is 0.146. The highest BCUT2D eigenvalue weighted by Crippen LogP contribution is 2.30. The second-order valence-electron chi connectivity index (χ2n) is 4.52. The van der Waals surface area contributed by atoms with E-state index in [1.807, 2.05) is 0 Å². The van der Waals surface area contributed by atoms with E-state index in [0.29, 0.717) is 6.07 Å². The van der Waals surface area contributed by atoms with Gasteiger partial charge in [-0.1, -0.05) is 0 Å². The Hall–Kier alpha value is -2.51. The van der Waals surface area contributed by atoms with Gasteiger partial charge in [0.15, 0.2) is 0 Å². The van der Waals surface area contributed by atoms with Crippen LogP contribution < -0.4 is 4.90 Å². The molecule has 1 atom stereocenters. The number of carbonyl (C=O) groups is 3. The minimum Gasteiger partial charge on any atom is -0.478 e. The van der Waals surface area contributed by atoms with Crippen molar-refractivity contribution in [1.29, 1.82) is 0 Å². The molecule has 8 heteroatoms. The van der Waals surface area contributed by atoms with Gasteiger partial charge in [0.1, 0.15) is 11.6 Å². The SMILES string of the molecule is COC(=O)C1CC(=O)N(c2cc(C(=O)O)c(F)cc2F)C1. The van der Waals surface area contributed by atoms with Gasteiger partial charge >= 0.3 is 11.9 Å². The summed E-state index contributed by atoms with van der Waals surface area (Å²) in [6, 6.07) is 1.14. The Morgan fingerprint density at radius 1 is 1.33 bits per heavy atom. The van der Waals surface area contributed by atoms with Crippen molar-refractivity contribution < 1.29 is 33.0 Å². The Labute approximate surface area is 117 Å². The first-order valence-electron chi connectivity index (χ1n) is 5.95. The minimum atomic E-state index is -1.58. The summed E-state index contributed by atoms with van der Waals surface area (Å²) in [4.78, 5) is 35.0. The van der Waals surface area contributed by atoms with Crippen molar-refractivity contribution in [3.63, 3.8) is 0 Å². The zero-order valence-corrected chi connectivity index (χ0v) is 10.9. The maximum Gasteiger partial charge on any atom is 0.338 e. The second kappa shape index (κ2) is 5.47. The van der Waals surface area contributed by atoms with E-state index in [2.05, 4.69) is 4.74 Å². The lowest BCUT2D eigenvalue weighted by molar-refractivity contribution is -0.145. The van der Waals surface area contributed by atoms with E-state index < -0.39 is 41.0 Å². The van der Waals surface area contributed by atoms with Crippen molar-refractivity contribution in [3.8, 4) is 0 Å². The average Bonchev–Trinajstić information content (AvgIpc) is 2.79. The molecule has 1 amide bonds. The van der Waals surface area contributed by atoms with Crippen LogP contribution in [-0.2, 0) is 14.3 Å². The normalized spacial score (nSPS) is 18.0. The molecule has 0 aromatic heterocycles. The molecule has 1 aliphatic rings. The van der Waals surface area contributed by atoms with E-state index in [9.17, 15) is 23.2 Å². The Balaban J connectivity index is 2.38. The number of ether oxygens (including phenoxy) is 1. The standard InChI is InChI=1S/C13H11F2NO5/c1-21-13(20)6-2-11(17)16(5-6)10-3-7(12(18)19)8(14)4-9(10)15/h3-4,6H,2,5H2,1H3,(H,18,19). The van der Waals surface area contributed by atoms with E-state index >= 15 is 0 Å². The number of nitrogens with zero attached hydrogens (tertiary/aromatic N) is 1. The average molecular weight is 299 g/mol. The first-order valence-corrected chi connectivity index (χ1v) is 5.95. The number of rotatable bonds is 3. The van der Waals surface area contributed by atoms with Gasteiger partial charge in [-0.3, -0.25) is 9.59 Å². The predicted octanol–water partition coefficient (Wildman–Crippen LogP) is 1.19. The number of carbonyl (C=O) groups excluding carboxylic acids is 2. The van der Waals surface area contributed by atoms with Crippen LogP contribution in [0.15, 0.2) is 12.1 Å². The Bertz CT molecular complexity index is 631. The summed E-state index contributed by atoms with van der Waals surface area (Å²) in [6.45, 7) is -0.146. The zero-order valence-electron chi connectivity index (χ0n) is 10.9. The molecule has 1 unspecified atom stereocenters. The van der Waals surface area contributed by atoms with Gasteiger partial charge < -0.3 is 14.7 Å². The molecule has 21 heavy (non-hydrogen) atoms. The number of amides is 1. The van der Waals surface area contributed by atoms with Gasteiger partial charge in [-0.25, -0.2) is 13.6 Å². The summed E-state index contributed by atoms with van der Waals surface area (Å²) in [6.07, 6.45) is -0.175. The molecule has 112 valence electrons. The van der Waals surface area contributed by atoms with E-state index in [1.165, 1.54) is 0 Å². The fraction of sp³-hybridized carbons (Fsp3) is 0.308. The second-order valence-corrected chi connectivity index (χ2v) is 4.52. The summed E-state index contributed by atoms with van der Waals surface area (Å²) in [5, 5.41) is 8.83. The number of anilines is 1. The molecular weight excluding hydrogens is 288 g/mol. The van der Waals surface area contributed by atoms with Gasteiger partial charge in [0.25, 0.3) is 0 Å². The van der Waals surface area contributed by atoms with Crippen LogP contribution in [0.5, 0.6) is 0 Å². The summed E-state index contributed by atoms with van der Waals surface area (Å²) in [5.41, 5.74) is -1.12.